The molecule has 3 nitrogen and oxygen atoms in total. The van der Waals surface area contributed by atoms with Gasteiger partial charge in [0.25, 0.3) is 0 Å². The van der Waals surface area contributed by atoms with Gasteiger partial charge >= 0.3 is 0 Å². The van der Waals surface area contributed by atoms with Crippen LogP contribution in [0, 0.1) is 0 Å². The first-order chi connectivity index (χ1) is 11.2. The average molecular weight is 323 g/mol. The topological polar surface area (TPSA) is 37.9 Å². The summed E-state index contributed by atoms with van der Waals surface area (Å²) in [6.07, 6.45) is 3.42. The molecule has 3 aromatic rings. The van der Waals surface area contributed by atoms with Gasteiger partial charge in [0.05, 0.1) is 12.0 Å². The van der Waals surface area contributed by atoms with Crippen LogP contribution in [0.2, 0.25) is 5.02 Å². The van der Waals surface area contributed by atoms with Crippen LogP contribution in [0.5, 0.6) is 0 Å². The number of halogens is 1. The van der Waals surface area contributed by atoms with Crippen molar-refractivity contribution in [2.45, 2.75) is 6.92 Å². The summed E-state index contributed by atoms with van der Waals surface area (Å²) < 4.78 is 5.24. The number of hydrogen-bond donors (Lipinski definition) is 0. The molecule has 0 radical (unpaired) electrons. The van der Waals surface area contributed by atoms with Crippen molar-refractivity contribution < 1.29 is 4.42 Å². The Bertz CT molecular complexity index is 834. The van der Waals surface area contributed by atoms with Gasteiger partial charge in [-0.3, -0.25) is 4.99 Å². The van der Waals surface area contributed by atoms with Gasteiger partial charge in [0.15, 0.2) is 0 Å². The highest BCUT2D eigenvalue weighted by Crippen LogP contribution is 2.18. The van der Waals surface area contributed by atoms with Gasteiger partial charge in [0.1, 0.15) is 0 Å². The Labute approximate surface area is 140 Å². The van der Waals surface area contributed by atoms with E-state index in [9.17, 15) is 0 Å². The van der Waals surface area contributed by atoms with Crippen molar-refractivity contribution >= 4 is 35.1 Å². The van der Waals surface area contributed by atoms with Gasteiger partial charge < -0.3 is 4.42 Å². The lowest BCUT2D eigenvalue weighted by Gasteiger charge is -2.01. The molecule has 0 spiro atoms. The Morgan fingerprint density at radius 2 is 1.87 bits per heavy atom. The zero-order chi connectivity index (χ0) is 16.1. The fourth-order valence-corrected chi connectivity index (χ4v) is 2.20. The summed E-state index contributed by atoms with van der Waals surface area (Å²) in [7, 11) is 0. The van der Waals surface area contributed by atoms with Gasteiger partial charge in [-0.15, -0.1) is 0 Å². The molecule has 0 atom stereocenters. The summed E-state index contributed by atoms with van der Waals surface area (Å²) in [5, 5.41) is 0.717. The molecule has 3 rings (SSSR count). The van der Waals surface area contributed by atoms with E-state index < -0.39 is 0 Å². The van der Waals surface area contributed by atoms with E-state index in [1.54, 1.807) is 6.26 Å². The van der Waals surface area contributed by atoms with Crippen molar-refractivity contribution in [2.75, 3.05) is 0 Å². The van der Waals surface area contributed by atoms with Crippen molar-refractivity contribution in [3.63, 3.8) is 0 Å². The predicted molar refractivity (Wildman–Crippen MR) is 95.7 cm³/mol. The second kappa shape index (κ2) is 7.07. The van der Waals surface area contributed by atoms with Crippen LogP contribution in [-0.2, 0) is 0 Å². The van der Waals surface area contributed by atoms with Gasteiger partial charge in [-0.25, -0.2) is 4.99 Å². The Morgan fingerprint density at radius 3 is 2.61 bits per heavy atom. The third-order valence-corrected chi connectivity index (χ3v) is 3.53. The molecule has 0 aliphatic heterocycles. The second-order valence-electron chi connectivity index (χ2n) is 5.01. The Kier molecular flexibility index (Phi) is 4.69. The van der Waals surface area contributed by atoms with Crippen LogP contribution in [0.25, 0.3) is 0 Å². The Balaban J connectivity index is 1.81. The van der Waals surface area contributed by atoms with Gasteiger partial charge in [-0.2, -0.15) is 0 Å². The van der Waals surface area contributed by atoms with Gasteiger partial charge in [0.2, 0.25) is 5.88 Å². The molecule has 23 heavy (non-hydrogen) atoms. The molecule has 2 aromatic carbocycles. The highest BCUT2D eigenvalue weighted by atomic mass is 35.5. The van der Waals surface area contributed by atoms with Crippen LogP contribution in [0.4, 0.5) is 11.6 Å². The molecule has 0 N–H and O–H groups in total. The fourth-order valence-electron chi connectivity index (χ4n) is 2.07. The quantitative estimate of drug-likeness (QED) is 0.557. The summed E-state index contributed by atoms with van der Waals surface area (Å²) in [6.45, 7) is 1.95. The molecular formula is C19H15ClN2O. The van der Waals surface area contributed by atoms with Gasteiger partial charge in [-0.1, -0.05) is 35.9 Å². The molecule has 4 heteroatoms. The smallest absolute Gasteiger partial charge is 0.218 e. The summed E-state index contributed by atoms with van der Waals surface area (Å²) in [5.74, 6) is 0.595. The first-order valence-electron chi connectivity index (χ1n) is 7.19. The molecule has 0 saturated heterocycles. The van der Waals surface area contributed by atoms with E-state index in [-0.39, 0.29) is 0 Å². The van der Waals surface area contributed by atoms with Crippen LogP contribution in [0.3, 0.4) is 0 Å². The van der Waals surface area contributed by atoms with E-state index in [4.69, 9.17) is 16.0 Å². The van der Waals surface area contributed by atoms with E-state index in [1.165, 1.54) is 0 Å². The van der Waals surface area contributed by atoms with Crippen LogP contribution in [0.15, 0.2) is 81.3 Å². The Hall–Kier alpha value is -2.65. The van der Waals surface area contributed by atoms with Crippen molar-refractivity contribution in [3.05, 3.63) is 83.1 Å². The van der Waals surface area contributed by atoms with Crippen LogP contribution in [0.1, 0.15) is 18.1 Å². The van der Waals surface area contributed by atoms with Crippen LogP contribution < -0.4 is 0 Å². The first kappa shape index (κ1) is 15.3. The lowest BCUT2D eigenvalue weighted by atomic mass is 10.1. The average Bonchev–Trinajstić information content (AvgIpc) is 3.07. The molecule has 0 aliphatic carbocycles. The third kappa shape index (κ3) is 4.18. The number of nitrogens with zero attached hydrogens (tertiary/aromatic N) is 2. The minimum absolute atomic E-state index is 0.595. The van der Waals surface area contributed by atoms with Crippen molar-refractivity contribution in [1.82, 2.24) is 0 Å². The predicted octanol–water partition coefficient (Wildman–Crippen LogP) is 5.82. The zero-order valence-electron chi connectivity index (χ0n) is 12.6. The maximum atomic E-state index is 5.88. The first-order valence-corrected chi connectivity index (χ1v) is 7.57. The molecule has 1 heterocycles. The fraction of sp³-hybridized carbons (Fsp3) is 0.0526. The molecule has 1 aromatic heterocycles. The Morgan fingerprint density at radius 1 is 1.04 bits per heavy atom. The van der Waals surface area contributed by atoms with Crippen LogP contribution in [-0.4, -0.2) is 11.9 Å². The molecule has 0 unspecified atom stereocenters. The van der Waals surface area contributed by atoms with Crippen molar-refractivity contribution in [2.24, 2.45) is 9.98 Å². The van der Waals surface area contributed by atoms with E-state index in [2.05, 4.69) is 9.98 Å². The normalized spacial score (nSPS) is 12.0. The molecule has 114 valence electrons. The molecule has 0 fully saturated rings. The lowest BCUT2D eigenvalue weighted by molar-refractivity contribution is 0.578. The highest BCUT2D eigenvalue weighted by molar-refractivity contribution is 6.30. The molecular weight excluding hydrogens is 308 g/mol. The molecule has 0 aliphatic rings. The number of furan rings is 1. The maximum absolute atomic E-state index is 5.88. The highest BCUT2D eigenvalue weighted by Gasteiger charge is 2.00. The summed E-state index contributed by atoms with van der Waals surface area (Å²) in [4.78, 5) is 8.94. The number of benzene rings is 2. The third-order valence-electron chi connectivity index (χ3n) is 3.28. The van der Waals surface area contributed by atoms with Crippen molar-refractivity contribution in [3.8, 4) is 0 Å². The summed E-state index contributed by atoms with van der Waals surface area (Å²) in [5.41, 5.74) is 3.75. The second-order valence-corrected chi connectivity index (χ2v) is 5.45. The van der Waals surface area contributed by atoms with Crippen molar-refractivity contribution in [1.29, 1.82) is 0 Å². The van der Waals surface area contributed by atoms with E-state index >= 15 is 0 Å². The van der Waals surface area contributed by atoms with Gasteiger partial charge in [-0.05, 0) is 48.4 Å². The molecule has 0 amide bonds. The van der Waals surface area contributed by atoms with E-state index in [0.29, 0.717) is 10.9 Å². The minimum Gasteiger partial charge on any atom is -0.447 e. The lowest BCUT2D eigenvalue weighted by Crippen LogP contribution is -1.92. The minimum atomic E-state index is 0.595. The number of aliphatic imine (C=N–C) groups is 2. The van der Waals surface area contributed by atoms with Crippen LogP contribution >= 0.6 is 11.6 Å². The standard InChI is InChI=1S/C19H15ClN2O/c1-14(22-19-6-3-11-23-19)16-4-2-5-18(12-16)21-13-15-7-9-17(20)10-8-15/h2-13H,1H3/b21-13?,22-14-. The van der Waals surface area contributed by atoms with E-state index in [0.717, 1.165) is 22.5 Å². The maximum Gasteiger partial charge on any atom is 0.218 e. The number of rotatable bonds is 4. The molecule has 0 bridgehead atoms. The monoisotopic (exact) mass is 322 g/mol. The van der Waals surface area contributed by atoms with Gasteiger partial charge in [0, 0.05) is 23.0 Å². The summed E-state index contributed by atoms with van der Waals surface area (Å²) in [6, 6.07) is 19.1. The largest absolute Gasteiger partial charge is 0.447 e. The molecule has 0 saturated carbocycles. The van der Waals surface area contributed by atoms with E-state index in [1.807, 2.05) is 73.8 Å². The zero-order valence-corrected chi connectivity index (χ0v) is 13.4. The number of hydrogen-bond acceptors (Lipinski definition) is 3. The summed E-state index contributed by atoms with van der Waals surface area (Å²) >= 11 is 5.88. The SMILES string of the molecule is C/C(=N/c1ccco1)c1cccc(N=Cc2ccc(Cl)cc2)c1.